The van der Waals surface area contributed by atoms with Gasteiger partial charge >= 0.3 is 6.36 Å². The molecule has 1 amide bonds. The standard InChI is InChI=1S/C20H19F3N2O4/c1-27-18-11-14(12-24)8-9-17(18)28-10-4-7-19(26)25-13-15-5-2-3-6-16(15)29-20(21,22)23/h2-3,5-6,8-9,11H,4,7,10,13H2,1H3,(H,25,26). The molecule has 1 N–H and O–H groups in total. The first-order valence-electron chi connectivity index (χ1n) is 8.63. The number of para-hydroxylation sites is 1. The van der Waals surface area contributed by atoms with Crippen LogP contribution in [0.4, 0.5) is 13.2 Å². The molecule has 0 fully saturated rings. The highest BCUT2D eigenvalue weighted by atomic mass is 19.4. The maximum absolute atomic E-state index is 12.4. The Morgan fingerprint density at radius 3 is 2.59 bits per heavy atom. The number of ether oxygens (including phenoxy) is 3. The lowest BCUT2D eigenvalue weighted by Crippen LogP contribution is -2.24. The number of rotatable bonds is 9. The zero-order valence-corrected chi connectivity index (χ0v) is 15.6. The molecule has 0 aliphatic heterocycles. The van der Waals surface area contributed by atoms with Crippen molar-refractivity contribution >= 4 is 5.91 Å². The Bertz CT molecular complexity index is 879. The van der Waals surface area contributed by atoms with Crippen LogP contribution in [0.2, 0.25) is 0 Å². The van der Waals surface area contributed by atoms with E-state index in [-0.39, 0.29) is 36.8 Å². The van der Waals surface area contributed by atoms with Crippen LogP contribution in [0.15, 0.2) is 42.5 Å². The molecule has 0 aliphatic rings. The summed E-state index contributed by atoms with van der Waals surface area (Å²) in [6.07, 6.45) is -4.29. The molecule has 2 aromatic rings. The Morgan fingerprint density at radius 1 is 1.14 bits per heavy atom. The van der Waals surface area contributed by atoms with Gasteiger partial charge in [0.2, 0.25) is 5.91 Å². The van der Waals surface area contributed by atoms with Crippen LogP contribution in [0.5, 0.6) is 17.2 Å². The van der Waals surface area contributed by atoms with Gasteiger partial charge in [-0.1, -0.05) is 18.2 Å². The van der Waals surface area contributed by atoms with Gasteiger partial charge in [0.05, 0.1) is 25.3 Å². The summed E-state index contributed by atoms with van der Waals surface area (Å²) in [5.74, 6) is 0.179. The van der Waals surface area contributed by atoms with Crippen molar-refractivity contribution in [2.24, 2.45) is 0 Å². The zero-order chi connectivity index (χ0) is 21.3. The highest BCUT2D eigenvalue weighted by molar-refractivity contribution is 5.75. The molecule has 0 spiro atoms. The quantitative estimate of drug-likeness (QED) is 0.636. The van der Waals surface area contributed by atoms with Gasteiger partial charge in [0, 0.05) is 24.6 Å². The lowest BCUT2D eigenvalue weighted by molar-refractivity contribution is -0.274. The molecule has 0 heterocycles. The van der Waals surface area contributed by atoms with Crippen molar-refractivity contribution in [3.8, 4) is 23.3 Å². The lowest BCUT2D eigenvalue weighted by atomic mass is 10.2. The summed E-state index contributed by atoms with van der Waals surface area (Å²) >= 11 is 0. The number of benzene rings is 2. The summed E-state index contributed by atoms with van der Waals surface area (Å²) < 4.78 is 51.9. The number of hydrogen-bond acceptors (Lipinski definition) is 5. The fourth-order valence-corrected chi connectivity index (χ4v) is 2.43. The SMILES string of the molecule is COc1cc(C#N)ccc1OCCCC(=O)NCc1ccccc1OC(F)(F)F. The van der Waals surface area contributed by atoms with Crippen LogP contribution in [0, 0.1) is 11.3 Å². The van der Waals surface area contributed by atoms with Crippen molar-refractivity contribution < 1.29 is 32.2 Å². The van der Waals surface area contributed by atoms with Crippen molar-refractivity contribution in [1.29, 1.82) is 5.26 Å². The Labute approximate surface area is 165 Å². The highest BCUT2D eigenvalue weighted by Crippen LogP contribution is 2.28. The molecule has 154 valence electrons. The van der Waals surface area contributed by atoms with E-state index in [1.165, 1.54) is 25.3 Å². The first-order chi connectivity index (χ1) is 13.8. The van der Waals surface area contributed by atoms with E-state index >= 15 is 0 Å². The van der Waals surface area contributed by atoms with Gasteiger partial charge in [0.1, 0.15) is 5.75 Å². The molecule has 2 aromatic carbocycles. The summed E-state index contributed by atoms with van der Waals surface area (Å²) in [5, 5.41) is 11.4. The van der Waals surface area contributed by atoms with Crippen molar-refractivity contribution in [2.45, 2.75) is 25.7 Å². The molecule has 0 saturated heterocycles. The lowest BCUT2D eigenvalue weighted by Gasteiger charge is -2.14. The average molecular weight is 408 g/mol. The van der Waals surface area contributed by atoms with Crippen LogP contribution in [-0.4, -0.2) is 26.0 Å². The molecule has 9 heteroatoms. The number of amides is 1. The predicted molar refractivity (Wildman–Crippen MR) is 97.4 cm³/mol. The van der Waals surface area contributed by atoms with Crippen molar-refractivity contribution in [3.63, 3.8) is 0 Å². The number of alkyl halides is 3. The first-order valence-corrected chi connectivity index (χ1v) is 8.63. The van der Waals surface area contributed by atoms with Gasteiger partial charge in [-0.25, -0.2) is 0 Å². The second kappa shape index (κ2) is 10.2. The summed E-state index contributed by atoms with van der Waals surface area (Å²) in [6, 6.07) is 12.3. The molecule has 0 bridgehead atoms. The number of halogens is 3. The van der Waals surface area contributed by atoms with Crippen LogP contribution in [0.3, 0.4) is 0 Å². The Morgan fingerprint density at radius 2 is 1.90 bits per heavy atom. The maximum Gasteiger partial charge on any atom is 0.573 e. The number of carbonyl (C=O) groups is 1. The monoisotopic (exact) mass is 408 g/mol. The van der Waals surface area contributed by atoms with Crippen LogP contribution in [0.25, 0.3) is 0 Å². The van der Waals surface area contributed by atoms with E-state index < -0.39 is 6.36 Å². The number of nitriles is 1. The fraction of sp³-hybridized carbons (Fsp3) is 0.300. The van der Waals surface area contributed by atoms with E-state index in [4.69, 9.17) is 14.7 Å². The maximum atomic E-state index is 12.4. The van der Waals surface area contributed by atoms with Crippen LogP contribution in [0.1, 0.15) is 24.0 Å². The van der Waals surface area contributed by atoms with Crippen molar-refractivity contribution in [3.05, 3.63) is 53.6 Å². The van der Waals surface area contributed by atoms with Gasteiger partial charge in [-0.05, 0) is 24.6 Å². The predicted octanol–water partition coefficient (Wildman–Crippen LogP) is 3.94. The van der Waals surface area contributed by atoms with E-state index in [2.05, 4.69) is 10.1 Å². The van der Waals surface area contributed by atoms with Crippen molar-refractivity contribution in [2.75, 3.05) is 13.7 Å². The van der Waals surface area contributed by atoms with Gasteiger partial charge in [0.25, 0.3) is 0 Å². The zero-order valence-electron chi connectivity index (χ0n) is 15.6. The van der Waals surface area contributed by atoms with E-state index in [1.54, 1.807) is 24.3 Å². The molecule has 0 aromatic heterocycles. The molecule has 6 nitrogen and oxygen atoms in total. The average Bonchev–Trinajstić information content (AvgIpc) is 2.69. The summed E-state index contributed by atoms with van der Waals surface area (Å²) in [7, 11) is 1.46. The van der Waals surface area contributed by atoms with Crippen LogP contribution in [-0.2, 0) is 11.3 Å². The number of carbonyl (C=O) groups excluding carboxylic acids is 1. The minimum absolute atomic E-state index is 0.0879. The topological polar surface area (TPSA) is 80.6 Å². The summed E-state index contributed by atoms with van der Waals surface area (Å²) in [5.41, 5.74) is 0.653. The number of hydrogen-bond donors (Lipinski definition) is 1. The van der Waals surface area contributed by atoms with Crippen molar-refractivity contribution in [1.82, 2.24) is 5.32 Å². The number of nitrogens with zero attached hydrogens (tertiary/aromatic N) is 1. The third-order valence-corrected chi connectivity index (χ3v) is 3.77. The van der Waals surface area contributed by atoms with Gasteiger partial charge in [-0.3, -0.25) is 4.79 Å². The molecular weight excluding hydrogens is 389 g/mol. The molecule has 0 aliphatic carbocycles. The van der Waals surface area contributed by atoms with E-state index in [1.807, 2.05) is 6.07 Å². The van der Waals surface area contributed by atoms with E-state index in [0.29, 0.717) is 23.5 Å². The minimum Gasteiger partial charge on any atom is -0.493 e. The third-order valence-electron chi connectivity index (χ3n) is 3.77. The smallest absolute Gasteiger partial charge is 0.493 e. The third kappa shape index (κ3) is 7.25. The number of methoxy groups -OCH3 is 1. The Hall–Kier alpha value is -3.41. The second-order valence-electron chi connectivity index (χ2n) is 5.86. The Kier molecular flexibility index (Phi) is 7.71. The van der Waals surface area contributed by atoms with Crippen LogP contribution < -0.4 is 19.5 Å². The van der Waals surface area contributed by atoms with Crippen LogP contribution >= 0.6 is 0 Å². The normalized spacial score (nSPS) is 10.7. The second-order valence-corrected chi connectivity index (χ2v) is 5.86. The fourth-order valence-electron chi connectivity index (χ4n) is 2.43. The molecule has 0 unspecified atom stereocenters. The first kappa shape index (κ1) is 21.9. The molecule has 29 heavy (non-hydrogen) atoms. The van der Waals surface area contributed by atoms with Gasteiger partial charge < -0.3 is 19.5 Å². The molecule has 0 radical (unpaired) electrons. The molecule has 2 rings (SSSR count). The van der Waals surface area contributed by atoms with Gasteiger partial charge in [0.15, 0.2) is 11.5 Å². The molecular formula is C20H19F3N2O4. The minimum atomic E-state index is -4.80. The summed E-state index contributed by atoms with van der Waals surface area (Å²) in [6.45, 7) is 0.138. The van der Waals surface area contributed by atoms with Gasteiger partial charge in [-0.15, -0.1) is 13.2 Å². The highest BCUT2D eigenvalue weighted by Gasteiger charge is 2.31. The molecule has 0 atom stereocenters. The van der Waals surface area contributed by atoms with Gasteiger partial charge in [-0.2, -0.15) is 5.26 Å². The Balaban J connectivity index is 1.78. The summed E-state index contributed by atoms with van der Waals surface area (Å²) in [4.78, 5) is 11.9. The van der Waals surface area contributed by atoms with E-state index in [0.717, 1.165) is 0 Å². The van der Waals surface area contributed by atoms with E-state index in [9.17, 15) is 18.0 Å². The largest absolute Gasteiger partial charge is 0.573 e. The number of nitrogens with one attached hydrogen (secondary N) is 1. The molecule has 0 saturated carbocycles.